The Morgan fingerprint density at radius 2 is 1.45 bits per heavy atom. The quantitative estimate of drug-likeness (QED) is 0.181. The van der Waals surface area contributed by atoms with Gasteiger partial charge >= 0.3 is 0 Å². The number of benzene rings is 4. The van der Waals surface area contributed by atoms with Crippen LogP contribution < -0.4 is 15.3 Å². The molecule has 1 aliphatic rings. The fourth-order valence-electron chi connectivity index (χ4n) is 6.95. The fraction of sp³-hybridized carbons (Fsp3) is 0.217. The Balaban J connectivity index is 1.52. The van der Waals surface area contributed by atoms with E-state index in [4.69, 9.17) is 0 Å². The van der Waals surface area contributed by atoms with Gasteiger partial charge in [-0.15, -0.1) is 0 Å². The van der Waals surface area contributed by atoms with Crippen LogP contribution in [0.15, 0.2) is 121 Å². The summed E-state index contributed by atoms with van der Waals surface area (Å²) in [6, 6.07) is 28.7. The van der Waals surface area contributed by atoms with Crippen molar-refractivity contribution in [3.63, 3.8) is 0 Å². The summed E-state index contributed by atoms with van der Waals surface area (Å²) in [6.07, 6.45) is 18.8. The molecular weight excluding hydrogens is 567 g/mol. The summed E-state index contributed by atoms with van der Waals surface area (Å²) in [7, 11) is 2.16. The molecule has 47 heavy (non-hydrogen) atoms. The standard InChI is InChI=1S/C46H49N/c1-9-18-40-39(13-5)44-24-17-21-36(46(44)43(40)19-10-2)30-32(6)26-27-35-31-37(29-28-34(35)11-3)47(8)45-25-15-14-22-42(45)41-23-16-20-33(7)38(41)12-4/h11-29,31H,4,9-10,30H2,1-3,5-8H3/b32-26+,34-11-,35-27-,39-13+,40-18+,43-19-. The first-order valence-corrected chi connectivity index (χ1v) is 17.1. The predicted octanol–water partition coefficient (Wildman–Crippen LogP) is 11.4. The van der Waals surface area contributed by atoms with Crippen molar-refractivity contribution >= 4 is 40.7 Å². The number of hydrogen-bond acceptors (Lipinski definition) is 1. The van der Waals surface area contributed by atoms with Gasteiger partial charge in [0.1, 0.15) is 0 Å². The van der Waals surface area contributed by atoms with Gasteiger partial charge < -0.3 is 4.90 Å². The number of hydrogen-bond donors (Lipinski definition) is 0. The van der Waals surface area contributed by atoms with Gasteiger partial charge in [0.2, 0.25) is 0 Å². The maximum Gasteiger partial charge on any atom is 0.0487 e. The van der Waals surface area contributed by atoms with Crippen LogP contribution in [0.3, 0.4) is 0 Å². The third-order valence-electron chi connectivity index (χ3n) is 9.26. The molecular formula is C46H49N. The van der Waals surface area contributed by atoms with Crippen LogP contribution in [0.2, 0.25) is 0 Å². The summed E-state index contributed by atoms with van der Waals surface area (Å²) in [4.78, 5) is 2.30. The lowest BCUT2D eigenvalue weighted by Crippen LogP contribution is -2.25. The number of nitrogens with zero attached hydrogens (tertiary/aromatic N) is 1. The SMILES string of the molecule is C=Cc1c(C)cccc1-c1ccccc1N(C)c1ccc(=C/C)/c(=C\C=C(/C)Cc2cccc3c2C(=C\CC)/C(=C/CC)C/3=C\C)c1. The second-order valence-corrected chi connectivity index (χ2v) is 12.4. The normalized spacial score (nSPS) is 16.4. The van der Waals surface area contributed by atoms with E-state index in [0.29, 0.717) is 0 Å². The molecule has 5 rings (SSSR count). The van der Waals surface area contributed by atoms with E-state index in [0.717, 1.165) is 30.6 Å². The van der Waals surface area contributed by atoms with Crippen LogP contribution in [0, 0.1) is 6.92 Å². The van der Waals surface area contributed by atoms with Gasteiger partial charge in [0, 0.05) is 24.0 Å². The van der Waals surface area contributed by atoms with Crippen molar-refractivity contribution < 1.29 is 0 Å². The average molecular weight is 616 g/mol. The Morgan fingerprint density at radius 1 is 0.745 bits per heavy atom. The summed E-state index contributed by atoms with van der Waals surface area (Å²) < 4.78 is 0. The highest BCUT2D eigenvalue weighted by molar-refractivity contribution is 6.08. The van der Waals surface area contributed by atoms with E-state index < -0.39 is 0 Å². The third-order valence-corrected chi connectivity index (χ3v) is 9.26. The molecule has 0 unspecified atom stereocenters. The zero-order chi connectivity index (χ0) is 33.5. The summed E-state index contributed by atoms with van der Waals surface area (Å²) in [5, 5.41) is 2.44. The first-order chi connectivity index (χ1) is 22.9. The average Bonchev–Trinajstić information content (AvgIpc) is 3.39. The van der Waals surface area contributed by atoms with Crippen molar-refractivity contribution in [2.24, 2.45) is 0 Å². The third kappa shape index (κ3) is 6.81. The Hall–Kier alpha value is -4.88. The molecule has 1 nitrogen and oxygen atoms in total. The molecule has 1 heteroatoms. The van der Waals surface area contributed by atoms with Gasteiger partial charge in [-0.1, -0.05) is 129 Å². The molecule has 0 heterocycles. The fourth-order valence-corrected chi connectivity index (χ4v) is 6.95. The highest BCUT2D eigenvalue weighted by Crippen LogP contribution is 2.47. The molecule has 0 atom stereocenters. The number of rotatable bonds is 9. The van der Waals surface area contributed by atoms with Crippen molar-refractivity contribution in [3.8, 4) is 11.1 Å². The molecule has 0 fully saturated rings. The van der Waals surface area contributed by atoms with Crippen LogP contribution in [0.4, 0.5) is 11.4 Å². The van der Waals surface area contributed by atoms with E-state index in [9.17, 15) is 0 Å². The van der Waals surface area contributed by atoms with Gasteiger partial charge in [0.15, 0.2) is 0 Å². The number of allylic oxidation sites excluding steroid dienone is 8. The lowest BCUT2D eigenvalue weighted by atomic mass is 9.94. The molecule has 0 saturated carbocycles. The van der Waals surface area contributed by atoms with E-state index in [1.165, 1.54) is 71.7 Å². The lowest BCUT2D eigenvalue weighted by Gasteiger charge is -2.24. The number of fused-ring (bicyclic) bond motifs is 1. The number of aryl methyl sites for hydroxylation is 1. The van der Waals surface area contributed by atoms with E-state index in [1.54, 1.807) is 0 Å². The van der Waals surface area contributed by atoms with Crippen LogP contribution in [-0.4, -0.2) is 7.05 Å². The minimum Gasteiger partial charge on any atom is -0.344 e. The summed E-state index contributed by atoms with van der Waals surface area (Å²) in [5.41, 5.74) is 16.8. The van der Waals surface area contributed by atoms with Crippen molar-refractivity contribution in [2.45, 2.75) is 60.8 Å². The second-order valence-electron chi connectivity index (χ2n) is 12.4. The molecule has 0 N–H and O–H groups in total. The molecule has 0 radical (unpaired) electrons. The topological polar surface area (TPSA) is 3.24 Å². The Kier molecular flexibility index (Phi) is 10.8. The zero-order valence-electron chi connectivity index (χ0n) is 29.3. The summed E-state index contributed by atoms with van der Waals surface area (Å²) >= 11 is 0. The first kappa shape index (κ1) is 33.5. The molecule has 4 aromatic rings. The van der Waals surface area contributed by atoms with Gasteiger partial charge in [-0.05, 0) is 126 Å². The molecule has 0 bridgehead atoms. The molecule has 4 aromatic carbocycles. The van der Waals surface area contributed by atoms with Crippen molar-refractivity contribution in [3.05, 3.63) is 159 Å². The van der Waals surface area contributed by atoms with Crippen LogP contribution >= 0.6 is 0 Å². The first-order valence-electron chi connectivity index (χ1n) is 17.1. The van der Waals surface area contributed by atoms with Crippen LogP contribution in [0.5, 0.6) is 0 Å². The predicted molar refractivity (Wildman–Crippen MR) is 209 cm³/mol. The lowest BCUT2D eigenvalue weighted by molar-refractivity contribution is 1.13. The van der Waals surface area contributed by atoms with E-state index in [1.807, 2.05) is 6.08 Å². The monoisotopic (exact) mass is 615 g/mol. The maximum atomic E-state index is 4.11. The highest BCUT2D eigenvalue weighted by Gasteiger charge is 2.27. The molecule has 0 saturated heterocycles. The minimum absolute atomic E-state index is 0.914. The number of para-hydroxylation sites is 1. The Bertz CT molecular complexity index is 2040. The molecule has 0 aliphatic heterocycles. The summed E-state index contributed by atoms with van der Waals surface area (Å²) in [6.45, 7) is 17.3. The Morgan fingerprint density at radius 3 is 2.17 bits per heavy atom. The molecule has 0 spiro atoms. The number of anilines is 2. The van der Waals surface area contributed by atoms with Crippen molar-refractivity contribution in [2.75, 3.05) is 11.9 Å². The van der Waals surface area contributed by atoms with E-state index >= 15 is 0 Å². The maximum absolute atomic E-state index is 4.11. The van der Waals surface area contributed by atoms with E-state index in [2.05, 4.69) is 175 Å². The van der Waals surface area contributed by atoms with Gasteiger partial charge in [-0.25, -0.2) is 0 Å². The highest BCUT2D eigenvalue weighted by atomic mass is 15.1. The van der Waals surface area contributed by atoms with Crippen LogP contribution in [0.25, 0.3) is 40.5 Å². The Labute approximate surface area is 283 Å². The summed E-state index contributed by atoms with van der Waals surface area (Å²) in [5.74, 6) is 0. The van der Waals surface area contributed by atoms with Crippen LogP contribution in [0.1, 0.15) is 75.3 Å². The minimum atomic E-state index is 0.914. The van der Waals surface area contributed by atoms with Gasteiger partial charge in [-0.2, -0.15) is 0 Å². The van der Waals surface area contributed by atoms with Gasteiger partial charge in [0.25, 0.3) is 0 Å². The molecule has 0 aromatic heterocycles. The smallest absolute Gasteiger partial charge is 0.0487 e. The van der Waals surface area contributed by atoms with Gasteiger partial charge in [0.05, 0.1) is 0 Å². The van der Waals surface area contributed by atoms with Crippen molar-refractivity contribution in [1.29, 1.82) is 0 Å². The molecule has 238 valence electrons. The zero-order valence-corrected chi connectivity index (χ0v) is 29.3. The van der Waals surface area contributed by atoms with Gasteiger partial charge in [-0.3, -0.25) is 0 Å². The van der Waals surface area contributed by atoms with Crippen LogP contribution in [-0.2, 0) is 6.42 Å². The van der Waals surface area contributed by atoms with E-state index in [-0.39, 0.29) is 0 Å². The van der Waals surface area contributed by atoms with Crippen molar-refractivity contribution in [1.82, 2.24) is 0 Å². The molecule has 0 amide bonds. The molecule has 1 aliphatic carbocycles. The second kappa shape index (κ2) is 15.1. The largest absolute Gasteiger partial charge is 0.344 e.